The van der Waals surface area contributed by atoms with Gasteiger partial charge in [0, 0.05) is 10.4 Å². The molecule has 0 aliphatic carbocycles. The average molecular weight is 459 g/mol. The van der Waals surface area contributed by atoms with Crippen LogP contribution in [0.2, 0.25) is 5.02 Å². The van der Waals surface area contributed by atoms with Crippen LogP contribution in [0.5, 0.6) is 11.6 Å². The van der Waals surface area contributed by atoms with Gasteiger partial charge in [0.25, 0.3) is 5.88 Å². The van der Waals surface area contributed by atoms with Gasteiger partial charge in [-0.1, -0.05) is 64.8 Å². The Hall–Kier alpha value is -3.64. The van der Waals surface area contributed by atoms with Crippen LogP contribution >= 0.6 is 11.6 Å². The number of hydrogen-bond donors (Lipinski definition) is 1. The number of oxime groups is 1. The van der Waals surface area contributed by atoms with Crippen LogP contribution in [-0.4, -0.2) is 28.7 Å². The van der Waals surface area contributed by atoms with Crippen molar-refractivity contribution in [3.05, 3.63) is 94.0 Å². The molecule has 0 amide bonds. The van der Waals surface area contributed by atoms with Crippen LogP contribution < -0.4 is 10.1 Å². The van der Waals surface area contributed by atoms with Gasteiger partial charge >= 0.3 is 0 Å². The first kappa shape index (κ1) is 21.2. The van der Waals surface area contributed by atoms with Crippen LogP contribution in [0.1, 0.15) is 22.3 Å². The molecule has 1 aliphatic heterocycles. The van der Waals surface area contributed by atoms with Crippen molar-refractivity contribution in [2.45, 2.75) is 26.3 Å². The largest absolute Gasteiger partial charge is 0.437 e. The summed E-state index contributed by atoms with van der Waals surface area (Å²) in [6.07, 6.45) is 0.812. The minimum absolute atomic E-state index is 0.0462. The molecule has 166 valence electrons. The Kier molecular flexibility index (Phi) is 5.84. The summed E-state index contributed by atoms with van der Waals surface area (Å²) in [4.78, 5) is 5.66. The minimum Gasteiger partial charge on any atom is -0.437 e. The molecule has 0 saturated carbocycles. The van der Waals surface area contributed by atoms with Gasteiger partial charge in [-0.3, -0.25) is 0 Å². The molecule has 0 spiro atoms. The summed E-state index contributed by atoms with van der Waals surface area (Å²) in [5.41, 5.74) is 5.24. The first-order chi connectivity index (χ1) is 16.1. The molecule has 0 saturated heterocycles. The van der Waals surface area contributed by atoms with Crippen LogP contribution in [0.15, 0.2) is 71.9 Å². The number of amidine groups is 1. The molecule has 3 aromatic carbocycles. The van der Waals surface area contributed by atoms with E-state index < -0.39 is 0 Å². The smallest absolute Gasteiger partial charge is 0.250 e. The molecule has 1 aromatic heterocycles. The van der Waals surface area contributed by atoms with Gasteiger partial charge in [0.1, 0.15) is 12.4 Å². The number of fused-ring (bicyclic) bond motifs is 1. The lowest BCUT2D eigenvalue weighted by Gasteiger charge is -2.26. The lowest BCUT2D eigenvalue weighted by Crippen LogP contribution is -2.43. The maximum atomic E-state index is 6.14. The Morgan fingerprint density at radius 2 is 1.91 bits per heavy atom. The summed E-state index contributed by atoms with van der Waals surface area (Å²) in [5, 5.41) is 18.0. The van der Waals surface area contributed by atoms with Crippen LogP contribution in [0.3, 0.4) is 0 Å². The predicted molar refractivity (Wildman–Crippen MR) is 130 cm³/mol. The Bertz CT molecular complexity index is 1360. The predicted octanol–water partition coefficient (Wildman–Crippen LogP) is 5.59. The van der Waals surface area contributed by atoms with E-state index in [1.807, 2.05) is 36.4 Å². The highest BCUT2D eigenvalue weighted by Gasteiger charge is 2.25. The van der Waals surface area contributed by atoms with Crippen LogP contribution in [-0.2, 0) is 11.3 Å². The molecule has 5 rings (SSSR count). The van der Waals surface area contributed by atoms with E-state index in [-0.39, 0.29) is 6.04 Å². The summed E-state index contributed by atoms with van der Waals surface area (Å²) in [6, 6.07) is 21.5. The molecule has 0 unspecified atom stereocenters. The van der Waals surface area contributed by atoms with Crippen molar-refractivity contribution in [1.29, 1.82) is 0 Å². The number of aromatic nitrogens is 2. The Morgan fingerprint density at radius 3 is 2.76 bits per heavy atom. The topological polar surface area (TPSA) is 68.6 Å². The van der Waals surface area contributed by atoms with E-state index in [2.05, 4.69) is 52.7 Å². The SMILES string of the molecule is Cc1ccc(C[C@@H]2CON=C(c3c(Oc4cccc(Cl)c4)nnc4ccccc34)N2)c(C)c1. The van der Waals surface area contributed by atoms with Crippen molar-refractivity contribution in [1.82, 2.24) is 15.5 Å². The summed E-state index contributed by atoms with van der Waals surface area (Å²) in [6.45, 7) is 4.71. The van der Waals surface area contributed by atoms with Crippen molar-refractivity contribution in [2.75, 3.05) is 6.61 Å². The van der Waals surface area contributed by atoms with E-state index in [9.17, 15) is 0 Å². The number of ether oxygens (including phenoxy) is 1. The second kappa shape index (κ2) is 9.08. The normalized spacial score (nSPS) is 15.5. The average Bonchev–Trinajstić information content (AvgIpc) is 2.81. The van der Waals surface area contributed by atoms with E-state index >= 15 is 0 Å². The van der Waals surface area contributed by atoms with Crippen molar-refractivity contribution in [3.8, 4) is 11.6 Å². The summed E-state index contributed by atoms with van der Waals surface area (Å²) in [5.74, 6) is 1.47. The molecular weight excluding hydrogens is 436 g/mol. The number of aryl methyl sites for hydroxylation is 2. The summed E-state index contributed by atoms with van der Waals surface area (Å²) in [7, 11) is 0. The van der Waals surface area contributed by atoms with Gasteiger partial charge in [0.2, 0.25) is 0 Å². The van der Waals surface area contributed by atoms with Crippen molar-refractivity contribution in [3.63, 3.8) is 0 Å². The van der Waals surface area contributed by atoms with Gasteiger partial charge in [0.05, 0.1) is 17.1 Å². The lowest BCUT2D eigenvalue weighted by atomic mass is 9.99. The zero-order chi connectivity index (χ0) is 22.8. The molecule has 7 heteroatoms. The van der Waals surface area contributed by atoms with E-state index in [0.717, 1.165) is 17.3 Å². The molecule has 1 N–H and O–H groups in total. The third kappa shape index (κ3) is 4.61. The maximum absolute atomic E-state index is 6.14. The molecule has 4 aromatic rings. The van der Waals surface area contributed by atoms with E-state index in [4.69, 9.17) is 21.2 Å². The van der Waals surface area contributed by atoms with Gasteiger partial charge in [-0.2, -0.15) is 0 Å². The number of benzene rings is 3. The van der Waals surface area contributed by atoms with Gasteiger partial charge in [-0.15, -0.1) is 10.2 Å². The molecule has 1 aliphatic rings. The van der Waals surface area contributed by atoms with Gasteiger partial charge in [0.15, 0.2) is 5.84 Å². The first-order valence-corrected chi connectivity index (χ1v) is 11.2. The van der Waals surface area contributed by atoms with Crippen LogP contribution in [0.4, 0.5) is 0 Å². The highest BCUT2D eigenvalue weighted by atomic mass is 35.5. The van der Waals surface area contributed by atoms with Crippen molar-refractivity contribution in [2.24, 2.45) is 5.16 Å². The maximum Gasteiger partial charge on any atom is 0.250 e. The second-order valence-corrected chi connectivity index (χ2v) is 8.60. The van der Waals surface area contributed by atoms with Gasteiger partial charge < -0.3 is 14.9 Å². The molecule has 1 atom stereocenters. The van der Waals surface area contributed by atoms with Crippen molar-refractivity contribution < 1.29 is 9.57 Å². The monoisotopic (exact) mass is 458 g/mol. The number of nitrogens with zero attached hydrogens (tertiary/aromatic N) is 3. The van der Waals surface area contributed by atoms with Gasteiger partial charge in [-0.05, 0) is 55.7 Å². The molecule has 2 heterocycles. The minimum atomic E-state index is 0.0462. The Morgan fingerprint density at radius 1 is 1.03 bits per heavy atom. The molecule has 6 nitrogen and oxygen atoms in total. The number of nitrogens with one attached hydrogen (secondary N) is 1. The summed E-state index contributed by atoms with van der Waals surface area (Å²) >= 11 is 6.14. The first-order valence-electron chi connectivity index (χ1n) is 10.8. The number of rotatable bonds is 5. The van der Waals surface area contributed by atoms with Crippen LogP contribution in [0.25, 0.3) is 10.9 Å². The molecule has 0 fully saturated rings. The zero-order valence-corrected chi connectivity index (χ0v) is 19.1. The fourth-order valence-corrected chi connectivity index (χ4v) is 4.18. The Balaban J connectivity index is 1.50. The molecular formula is C26H23ClN4O2. The second-order valence-electron chi connectivity index (χ2n) is 8.17. The number of hydrogen-bond acceptors (Lipinski definition) is 6. The molecule has 0 bridgehead atoms. The highest BCUT2D eigenvalue weighted by Crippen LogP contribution is 2.30. The quantitative estimate of drug-likeness (QED) is 0.422. The molecule has 0 radical (unpaired) electrons. The zero-order valence-electron chi connectivity index (χ0n) is 18.4. The van der Waals surface area contributed by atoms with E-state index in [0.29, 0.717) is 34.7 Å². The Labute approximate surface area is 197 Å². The van der Waals surface area contributed by atoms with E-state index in [1.54, 1.807) is 12.1 Å². The van der Waals surface area contributed by atoms with Crippen LogP contribution in [0, 0.1) is 13.8 Å². The highest BCUT2D eigenvalue weighted by molar-refractivity contribution is 6.30. The lowest BCUT2D eigenvalue weighted by molar-refractivity contribution is 0.109. The fourth-order valence-electron chi connectivity index (χ4n) is 4.00. The third-order valence-electron chi connectivity index (χ3n) is 5.62. The fraction of sp³-hybridized carbons (Fsp3) is 0.192. The third-order valence-corrected chi connectivity index (χ3v) is 5.86. The number of halogens is 1. The molecule has 33 heavy (non-hydrogen) atoms. The van der Waals surface area contributed by atoms with E-state index in [1.165, 1.54) is 16.7 Å². The van der Waals surface area contributed by atoms with Gasteiger partial charge in [-0.25, -0.2) is 0 Å². The standard InChI is InChI=1S/C26H23ClN4O2/c1-16-10-11-18(17(2)12-16)13-20-15-32-31-25(28-20)24-22-8-3-4-9-23(22)29-30-26(24)33-21-7-5-6-19(27)14-21/h3-12,14,20H,13,15H2,1-2H3,(H,28,31)/t20-/m1/s1. The van der Waals surface area contributed by atoms with Crippen molar-refractivity contribution >= 4 is 28.3 Å². The summed E-state index contributed by atoms with van der Waals surface area (Å²) < 4.78 is 6.10.